The van der Waals surface area contributed by atoms with E-state index in [1.807, 2.05) is 0 Å². The van der Waals surface area contributed by atoms with Crippen molar-refractivity contribution in [1.82, 2.24) is 0 Å². The third kappa shape index (κ3) is 45.5. The van der Waals surface area contributed by atoms with E-state index in [4.69, 9.17) is 14.2 Å². The van der Waals surface area contributed by atoms with Crippen molar-refractivity contribution in [1.29, 1.82) is 0 Å². The van der Waals surface area contributed by atoms with Gasteiger partial charge in [-0.05, 0) is 31.1 Å². The summed E-state index contributed by atoms with van der Waals surface area (Å²) in [6, 6.07) is 0. The van der Waals surface area contributed by atoms with Crippen LogP contribution in [0.15, 0.2) is 0 Å². The molecule has 1 atom stereocenters. The SMILES string of the molecule is CCCCCCCCCCCCCCCCCCCCC(=O)OC[C@H](COC(=O)CCCCCCCCCCCC(C)C)OC(=O)CCCCCCCCCC(C)C. The first-order chi connectivity index (χ1) is 28.2. The second kappa shape index (κ2) is 44.9. The van der Waals surface area contributed by atoms with Crippen LogP contribution in [0.3, 0.4) is 0 Å². The number of carbonyl (C=O) groups excluding carboxylic acids is 3. The highest BCUT2D eigenvalue weighted by molar-refractivity contribution is 5.71. The molecule has 0 saturated heterocycles. The molecule has 0 amide bonds. The van der Waals surface area contributed by atoms with Gasteiger partial charge in [0.15, 0.2) is 6.10 Å². The summed E-state index contributed by atoms with van der Waals surface area (Å²) in [4.78, 5) is 37.9. The van der Waals surface area contributed by atoms with Gasteiger partial charge in [0, 0.05) is 19.3 Å². The van der Waals surface area contributed by atoms with Crippen molar-refractivity contribution in [3.63, 3.8) is 0 Å². The molecule has 0 saturated carbocycles. The highest BCUT2D eigenvalue weighted by atomic mass is 16.6. The van der Waals surface area contributed by atoms with Gasteiger partial charge in [0.2, 0.25) is 0 Å². The Bertz CT molecular complexity index is 885. The maximum Gasteiger partial charge on any atom is 0.306 e. The highest BCUT2D eigenvalue weighted by Crippen LogP contribution is 2.17. The molecule has 0 aromatic rings. The van der Waals surface area contributed by atoms with Crippen LogP contribution in [0.4, 0.5) is 0 Å². The van der Waals surface area contributed by atoms with Crippen LogP contribution < -0.4 is 0 Å². The molecule has 0 aliphatic heterocycles. The van der Waals surface area contributed by atoms with E-state index in [-0.39, 0.29) is 31.1 Å². The third-order valence-electron chi connectivity index (χ3n) is 11.7. The Labute approximate surface area is 361 Å². The number of carbonyl (C=O) groups is 3. The van der Waals surface area contributed by atoms with Crippen LogP contribution in [-0.2, 0) is 28.6 Å². The minimum Gasteiger partial charge on any atom is -0.462 e. The largest absolute Gasteiger partial charge is 0.462 e. The van der Waals surface area contributed by atoms with Crippen LogP contribution in [0, 0.1) is 11.8 Å². The summed E-state index contributed by atoms with van der Waals surface area (Å²) in [5.41, 5.74) is 0. The predicted molar refractivity (Wildman–Crippen MR) is 247 cm³/mol. The van der Waals surface area contributed by atoms with E-state index in [0.29, 0.717) is 19.3 Å². The van der Waals surface area contributed by atoms with Crippen molar-refractivity contribution in [2.45, 2.75) is 291 Å². The van der Waals surface area contributed by atoms with Gasteiger partial charge in [-0.1, -0.05) is 247 Å². The highest BCUT2D eigenvalue weighted by Gasteiger charge is 2.19. The standard InChI is InChI=1S/C52H100O6/c1-6-7-8-9-10-11-12-13-14-15-16-17-18-19-22-27-32-37-42-50(53)56-45-49(58-52(55)44-39-34-29-24-26-31-36-41-48(4)5)46-57-51(54)43-38-33-28-23-20-21-25-30-35-40-47(2)3/h47-49H,6-46H2,1-5H3/t49-/m1/s1. The Hall–Kier alpha value is -1.59. The summed E-state index contributed by atoms with van der Waals surface area (Å²) in [6.07, 6.45) is 45.3. The molecule has 0 aromatic carbocycles. The Kier molecular flexibility index (Phi) is 43.7. The van der Waals surface area contributed by atoms with Crippen molar-refractivity contribution < 1.29 is 28.6 Å². The summed E-state index contributed by atoms with van der Waals surface area (Å²) >= 11 is 0. The molecule has 0 radical (unpaired) electrons. The molecule has 0 unspecified atom stereocenters. The van der Waals surface area contributed by atoms with Crippen molar-refractivity contribution in [3.8, 4) is 0 Å². The van der Waals surface area contributed by atoms with Crippen LogP contribution in [0.25, 0.3) is 0 Å². The number of hydrogen-bond donors (Lipinski definition) is 0. The lowest BCUT2D eigenvalue weighted by Crippen LogP contribution is -2.30. The molecule has 0 fully saturated rings. The first-order valence-corrected chi connectivity index (χ1v) is 25.7. The molecule has 58 heavy (non-hydrogen) atoms. The summed E-state index contributed by atoms with van der Waals surface area (Å²) in [5.74, 6) is 0.732. The van der Waals surface area contributed by atoms with Gasteiger partial charge < -0.3 is 14.2 Å². The lowest BCUT2D eigenvalue weighted by molar-refractivity contribution is -0.167. The van der Waals surface area contributed by atoms with E-state index < -0.39 is 6.10 Å². The lowest BCUT2D eigenvalue weighted by Gasteiger charge is -2.18. The number of esters is 3. The van der Waals surface area contributed by atoms with Gasteiger partial charge >= 0.3 is 17.9 Å². The molecule has 6 heteroatoms. The van der Waals surface area contributed by atoms with Crippen LogP contribution >= 0.6 is 0 Å². The van der Waals surface area contributed by atoms with E-state index in [1.54, 1.807) is 0 Å². The molecule has 0 aliphatic carbocycles. The van der Waals surface area contributed by atoms with E-state index in [1.165, 1.54) is 173 Å². The number of hydrogen-bond acceptors (Lipinski definition) is 6. The van der Waals surface area contributed by atoms with Crippen molar-refractivity contribution >= 4 is 17.9 Å². The Morgan fingerprint density at radius 2 is 0.569 bits per heavy atom. The quantitative estimate of drug-likeness (QED) is 0.0346. The molecule has 0 N–H and O–H groups in total. The summed E-state index contributed by atoms with van der Waals surface area (Å²) < 4.78 is 16.8. The minimum absolute atomic E-state index is 0.0647. The smallest absolute Gasteiger partial charge is 0.306 e. The van der Waals surface area contributed by atoms with Gasteiger partial charge in [-0.15, -0.1) is 0 Å². The van der Waals surface area contributed by atoms with E-state index >= 15 is 0 Å². The Morgan fingerprint density at radius 3 is 0.845 bits per heavy atom. The molecule has 0 heterocycles. The molecule has 0 aliphatic rings. The topological polar surface area (TPSA) is 78.9 Å². The van der Waals surface area contributed by atoms with Crippen molar-refractivity contribution in [2.75, 3.05) is 13.2 Å². The van der Waals surface area contributed by atoms with Gasteiger partial charge in [0.05, 0.1) is 0 Å². The summed E-state index contributed by atoms with van der Waals surface area (Å²) in [5, 5.41) is 0. The van der Waals surface area contributed by atoms with Gasteiger partial charge in [0.25, 0.3) is 0 Å². The predicted octanol–water partition coefficient (Wildman–Crippen LogP) is 16.5. The third-order valence-corrected chi connectivity index (χ3v) is 11.7. The monoisotopic (exact) mass is 821 g/mol. The Balaban J connectivity index is 4.24. The molecule has 0 bridgehead atoms. The van der Waals surface area contributed by atoms with E-state index in [2.05, 4.69) is 34.6 Å². The molecule has 344 valence electrons. The van der Waals surface area contributed by atoms with E-state index in [9.17, 15) is 14.4 Å². The van der Waals surface area contributed by atoms with Crippen LogP contribution in [0.5, 0.6) is 0 Å². The maximum absolute atomic E-state index is 12.7. The molecule has 0 rings (SSSR count). The zero-order valence-electron chi connectivity index (χ0n) is 39.7. The minimum atomic E-state index is -0.762. The number of rotatable bonds is 46. The fourth-order valence-electron chi connectivity index (χ4n) is 7.81. The first kappa shape index (κ1) is 56.4. The van der Waals surface area contributed by atoms with Gasteiger partial charge in [0.1, 0.15) is 13.2 Å². The molecular formula is C52H100O6. The van der Waals surface area contributed by atoms with Crippen LogP contribution in [0.2, 0.25) is 0 Å². The molecule has 0 spiro atoms. The lowest BCUT2D eigenvalue weighted by atomic mass is 10.0. The molecular weight excluding hydrogens is 721 g/mol. The van der Waals surface area contributed by atoms with Gasteiger partial charge in [-0.25, -0.2) is 0 Å². The number of ether oxygens (including phenoxy) is 3. The second-order valence-electron chi connectivity index (χ2n) is 18.8. The number of unbranched alkanes of at least 4 members (excludes halogenated alkanes) is 31. The average Bonchev–Trinajstić information content (AvgIpc) is 3.19. The fourth-order valence-corrected chi connectivity index (χ4v) is 7.81. The normalized spacial score (nSPS) is 12.1. The van der Waals surface area contributed by atoms with Crippen LogP contribution in [-0.4, -0.2) is 37.2 Å². The second-order valence-corrected chi connectivity index (χ2v) is 18.8. The fraction of sp³-hybridized carbons (Fsp3) is 0.942. The maximum atomic E-state index is 12.7. The van der Waals surface area contributed by atoms with Gasteiger partial charge in [-0.2, -0.15) is 0 Å². The van der Waals surface area contributed by atoms with Crippen molar-refractivity contribution in [2.24, 2.45) is 11.8 Å². The summed E-state index contributed by atoms with van der Waals surface area (Å²) in [7, 11) is 0. The summed E-state index contributed by atoms with van der Waals surface area (Å²) in [6.45, 7) is 11.3. The zero-order valence-corrected chi connectivity index (χ0v) is 39.7. The first-order valence-electron chi connectivity index (χ1n) is 25.7. The molecule has 0 aromatic heterocycles. The van der Waals surface area contributed by atoms with Crippen molar-refractivity contribution in [3.05, 3.63) is 0 Å². The average molecular weight is 821 g/mol. The van der Waals surface area contributed by atoms with E-state index in [0.717, 1.165) is 69.6 Å². The van der Waals surface area contributed by atoms with Crippen LogP contribution in [0.1, 0.15) is 285 Å². The van der Waals surface area contributed by atoms with Gasteiger partial charge in [-0.3, -0.25) is 14.4 Å². The molecule has 6 nitrogen and oxygen atoms in total. The zero-order chi connectivity index (χ0) is 42.6. The Morgan fingerprint density at radius 1 is 0.328 bits per heavy atom.